The molecule has 0 spiro atoms. The topological polar surface area (TPSA) is 6.48 Å². The number of hydrogen-bond acceptors (Lipinski definition) is 2. The first-order valence-electron chi connectivity index (χ1n) is 8.23. The summed E-state index contributed by atoms with van der Waals surface area (Å²) in [4.78, 5) is 5.06. The van der Waals surface area contributed by atoms with Crippen molar-refractivity contribution in [1.82, 2.24) is 9.80 Å². The summed E-state index contributed by atoms with van der Waals surface area (Å²) in [6.07, 6.45) is 8.47. The zero-order valence-electron chi connectivity index (χ0n) is 13.4. The van der Waals surface area contributed by atoms with Crippen molar-refractivity contribution in [1.29, 1.82) is 0 Å². The van der Waals surface area contributed by atoms with Gasteiger partial charge < -0.3 is 9.80 Å². The van der Waals surface area contributed by atoms with Gasteiger partial charge in [-0.25, -0.2) is 0 Å². The summed E-state index contributed by atoms with van der Waals surface area (Å²) in [6, 6.07) is 0. The Morgan fingerprint density at radius 3 is 1.00 bits per heavy atom. The molecule has 0 aromatic carbocycles. The summed E-state index contributed by atoms with van der Waals surface area (Å²) >= 11 is 0. The summed E-state index contributed by atoms with van der Waals surface area (Å²) in [6.45, 7) is 16.5. The molecule has 0 amide bonds. The lowest BCUT2D eigenvalue weighted by molar-refractivity contribution is 0.290. The van der Waals surface area contributed by atoms with E-state index in [2.05, 4.69) is 37.5 Å². The van der Waals surface area contributed by atoms with Gasteiger partial charge >= 0.3 is 0 Å². The molecule has 0 heterocycles. The summed E-state index contributed by atoms with van der Waals surface area (Å²) in [5, 5.41) is 0. The van der Waals surface area contributed by atoms with Crippen molar-refractivity contribution in [3.8, 4) is 0 Å². The SMILES string of the molecule is CCN(CC)CCCCCCCCN(CC)CC. The van der Waals surface area contributed by atoms with Gasteiger partial charge in [0.05, 0.1) is 0 Å². The average Bonchev–Trinajstić information content (AvgIpc) is 2.41. The number of rotatable bonds is 13. The van der Waals surface area contributed by atoms with Gasteiger partial charge in [0.2, 0.25) is 0 Å². The largest absolute Gasteiger partial charge is 0.304 e. The van der Waals surface area contributed by atoms with Crippen LogP contribution in [0.25, 0.3) is 0 Å². The third-order valence-electron chi connectivity index (χ3n) is 3.99. The van der Waals surface area contributed by atoms with E-state index in [0.717, 1.165) is 0 Å². The van der Waals surface area contributed by atoms with Crippen molar-refractivity contribution in [3.63, 3.8) is 0 Å². The molecule has 18 heavy (non-hydrogen) atoms. The predicted octanol–water partition coefficient (Wildman–Crippen LogP) is 4.01. The van der Waals surface area contributed by atoms with Crippen LogP contribution in [0, 0.1) is 0 Å². The second-order valence-electron chi connectivity index (χ2n) is 5.18. The Bertz CT molecular complexity index is 133. The number of unbranched alkanes of at least 4 members (excludes halogenated alkanes) is 5. The molecule has 0 N–H and O–H groups in total. The van der Waals surface area contributed by atoms with E-state index in [0.29, 0.717) is 0 Å². The highest BCUT2D eigenvalue weighted by atomic mass is 15.1. The van der Waals surface area contributed by atoms with E-state index >= 15 is 0 Å². The molecule has 0 saturated heterocycles. The summed E-state index contributed by atoms with van der Waals surface area (Å²) in [7, 11) is 0. The zero-order valence-corrected chi connectivity index (χ0v) is 13.4. The van der Waals surface area contributed by atoms with E-state index in [1.54, 1.807) is 0 Å². The van der Waals surface area contributed by atoms with Crippen molar-refractivity contribution in [2.24, 2.45) is 0 Å². The van der Waals surface area contributed by atoms with Crippen LogP contribution in [0.15, 0.2) is 0 Å². The second-order valence-corrected chi connectivity index (χ2v) is 5.18. The van der Waals surface area contributed by atoms with Crippen LogP contribution in [-0.2, 0) is 0 Å². The fraction of sp³-hybridized carbons (Fsp3) is 1.00. The average molecular weight is 256 g/mol. The number of hydrogen-bond donors (Lipinski definition) is 0. The Balaban J connectivity index is 3.21. The first kappa shape index (κ1) is 17.9. The van der Waals surface area contributed by atoms with Crippen LogP contribution in [-0.4, -0.2) is 49.1 Å². The van der Waals surface area contributed by atoms with Crippen LogP contribution in [0.4, 0.5) is 0 Å². The molecule has 2 nitrogen and oxygen atoms in total. The Morgan fingerprint density at radius 2 is 0.722 bits per heavy atom. The maximum Gasteiger partial charge on any atom is -0.00190 e. The Morgan fingerprint density at radius 1 is 0.444 bits per heavy atom. The van der Waals surface area contributed by atoms with Crippen molar-refractivity contribution < 1.29 is 0 Å². The second kappa shape index (κ2) is 13.4. The maximum absolute atomic E-state index is 2.53. The Labute approximate surface area is 116 Å². The molecule has 0 atom stereocenters. The van der Waals surface area contributed by atoms with Crippen LogP contribution < -0.4 is 0 Å². The number of nitrogens with zero attached hydrogens (tertiary/aromatic N) is 2. The molecule has 0 bridgehead atoms. The van der Waals surface area contributed by atoms with Crippen LogP contribution in [0.5, 0.6) is 0 Å². The zero-order chi connectivity index (χ0) is 13.6. The van der Waals surface area contributed by atoms with E-state index < -0.39 is 0 Å². The molecule has 110 valence electrons. The van der Waals surface area contributed by atoms with E-state index in [1.165, 1.54) is 77.8 Å². The molecule has 0 unspecified atom stereocenters. The lowest BCUT2D eigenvalue weighted by Crippen LogP contribution is -2.24. The van der Waals surface area contributed by atoms with Gasteiger partial charge in [-0.05, 0) is 52.1 Å². The van der Waals surface area contributed by atoms with E-state index in [1.807, 2.05) is 0 Å². The van der Waals surface area contributed by atoms with Gasteiger partial charge in [-0.3, -0.25) is 0 Å². The molecular weight excluding hydrogens is 220 g/mol. The highest BCUT2D eigenvalue weighted by molar-refractivity contribution is 4.55. The summed E-state index contributed by atoms with van der Waals surface area (Å²) in [5.41, 5.74) is 0. The quantitative estimate of drug-likeness (QED) is 0.459. The van der Waals surface area contributed by atoms with Gasteiger partial charge in [-0.2, -0.15) is 0 Å². The summed E-state index contributed by atoms with van der Waals surface area (Å²) < 4.78 is 0. The van der Waals surface area contributed by atoms with E-state index in [4.69, 9.17) is 0 Å². The third kappa shape index (κ3) is 9.90. The highest BCUT2D eigenvalue weighted by Gasteiger charge is 1.99. The van der Waals surface area contributed by atoms with Gasteiger partial charge in [0.15, 0.2) is 0 Å². The minimum absolute atomic E-state index is 1.21. The maximum atomic E-state index is 2.53. The minimum atomic E-state index is 1.21. The van der Waals surface area contributed by atoms with Crippen LogP contribution in [0.1, 0.15) is 66.2 Å². The molecule has 0 aromatic rings. The van der Waals surface area contributed by atoms with Crippen molar-refractivity contribution >= 4 is 0 Å². The summed E-state index contributed by atoms with van der Waals surface area (Å²) in [5.74, 6) is 0. The molecule has 0 aliphatic heterocycles. The normalized spacial score (nSPS) is 11.7. The van der Waals surface area contributed by atoms with Gasteiger partial charge in [0, 0.05) is 0 Å². The molecule has 0 fully saturated rings. The van der Waals surface area contributed by atoms with Crippen molar-refractivity contribution in [2.45, 2.75) is 66.2 Å². The minimum Gasteiger partial charge on any atom is -0.304 e. The molecular formula is C16H36N2. The molecule has 0 saturated carbocycles. The van der Waals surface area contributed by atoms with E-state index in [9.17, 15) is 0 Å². The van der Waals surface area contributed by atoms with Crippen molar-refractivity contribution in [3.05, 3.63) is 0 Å². The third-order valence-corrected chi connectivity index (χ3v) is 3.99. The van der Waals surface area contributed by atoms with Gasteiger partial charge in [-0.1, -0.05) is 53.4 Å². The fourth-order valence-corrected chi connectivity index (χ4v) is 2.46. The molecule has 0 radical (unpaired) electrons. The Kier molecular flexibility index (Phi) is 13.3. The standard InChI is InChI=1S/C16H36N2/c1-5-17(6-2)15-13-11-9-10-12-14-16-18(7-3)8-4/h5-16H2,1-4H3. The van der Waals surface area contributed by atoms with Gasteiger partial charge in [0.25, 0.3) is 0 Å². The molecule has 0 aliphatic carbocycles. The predicted molar refractivity (Wildman–Crippen MR) is 83.3 cm³/mol. The smallest absolute Gasteiger partial charge is 0.00190 e. The molecule has 2 heteroatoms. The van der Waals surface area contributed by atoms with Crippen LogP contribution in [0.2, 0.25) is 0 Å². The van der Waals surface area contributed by atoms with Crippen molar-refractivity contribution in [2.75, 3.05) is 39.3 Å². The lowest BCUT2D eigenvalue weighted by atomic mass is 10.1. The van der Waals surface area contributed by atoms with E-state index in [-0.39, 0.29) is 0 Å². The first-order valence-corrected chi connectivity index (χ1v) is 8.23. The van der Waals surface area contributed by atoms with Gasteiger partial charge in [0.1, 0.15) is 0 Å². The first-order chi connectivity index (χ1) is 8.78. The van der Waals surface area contributed by atoms with Crippen LogP contribution >= 0.6 is 0 Å². The molecule has 0 rings (SSSR count). The monoisotopic (exact) mass is 256 g/mol. The lowest BCUT2D eigenvalue weighted by Gasteiger charge is -2.18. The fourth-order valence-electron chi connectivity index (χ4n) is 2.46. The molecule has 0 aromatic heterocycles. The Hall–Kier alpha value is -0.0800. The van der Waals surface area contributed by atoms with Gasteiger partial charge in [-0.15, -0.1) is 0 Å². The van der Waals surface area contributed by atoms with Crippen LogP contribution in [0.3, 0.4) is 0 Å². The molecule has 0 aliphatic rings. The highest BCUT2D eigenvalue weighted by Crippen LogP contribution is 2.07.